The predicted molar refractivity (Wildman–Crippen MR) is 44.5 cm³/mol. The van der Waals surface area contributed by atoms with Gasteiger partial charge in [-0.1, -0.05) is 6.92 Å². The molecule has 1 rings (SSSR count). The van der Waals surface area contributed by atoms with E-state index in [0.29, 0.717) is 6.42 Å². The van der Waals surface area contributed by atoms with Crippen molar-refractivity contribution in [3.63, 3.8) is 0 Å². The largest absolute Gasteiger partial charge is 0.357 e. The molecule has 1 aliphatic heterocycles. The minimum absolute atomic E-state index is 0.0527. The van der Waals surface area contributed by atoms with Gasteiger partial charge in [0.25, 0.3) is 0 Å². The molecule has 0 bridgehead atoms. The highest BCUT2D eigenvalue weighted by Crippen LogP contribution is 2.18. The molecule has 68 valence electrons. The first kappa shape index (κ1) is 9.03. The number of likely N-dealkylation sites (N-methyl/N-ethyl adjacent to an activating group) is 1. The molecule has 0 aromatic carbocycles. The van der Waals surface area contributed by atoms with Crippen LogP contribution in [0.1, 0.15) is 19.8 Å². The average Bonchev–Trinajstić information content (AvgIpc) is 2.02. The molecule has 1 unspecified atom stereocenters. The highest BCUT2D eigenvalue weighted by molar-refractivity contribution is 5.88. The van der Waals surface area contributed by atoms with E-state index in [9.17, 15) is 9.59 Å². The molecule has 0 aromatic rings. The third-order valence-electron chi connectivity index (χ3n) is 2.19. The second kappa shape index (κ2) is 3.56. The van der Waals surface area contributed by atoms with E-state index in [1.165, 1.54) is 0 Å². The maximum atomic E-state index is 11.2. The van der Waals surface area contributed by atoms with Crippen molar-refractivity contribution < 1.29 is 9.59 Å². The highest BCUT2D eigenvalue weighted by Gasteiger charge is 2.35. The standard InChI is InChI=1S/C8H14N2O2/c1-3-7(11)10-5-4-6(10)8(12)9-2/h6H,3-5H2,1-2H3,(H,9,12). The number of rotatable bonds is 2. The Hall–Kier alpha value is -1.06. The van der Waals surface area contributed by atoms with Crippen LogP contribution in [0, 0.1) is 0 Å². The molecular weight excluding hydrogens is 156 g/mol. The monoisotopic (exact) mass is 170 g/mol. The fourth-order valence-corrected chi connectivity index (χ4v) is 1.33. The van der Waals surface area contributed by atoms with Gasteiger partial charge in [0.15, 0.2) is 0 Å². The van der Waals surface area contributed by atoms with Crippen molar-refractivity contribution in [3.05, 3.63) is 0 Å². The first-order chi connectivity index (χ1) is 5.70. The molecule has 1 atom stereocenters. The number of carbonyl (C=O) groups is 2. The van der Waals surface area contributed by atoms with Crippen molar-refractivity contribution in [2.45, 2.75) is 25.8 Å². The Morgan fingerprint density at radius 2 is 2.25 bits per heavy atom. The molecule has 0 aliphatic carbocycles. The van der Waals surface area contributed by atoms with Gasteiger partial charge in [-0.3, -0.25) is 9.59 Å². The van der Waals surface area contributed by atoms with Crippen LogP contribution in [0.5, 0.6) is 0 Å². The molecule has 1 aliphatic rings. The maximum Gasteiger partial charge on any atom is 0.242 e. The third kappa shape index (κ3) is 1.42. The number of nitrogens with one attached hydrogen (secondary N) is 1. The number of carbonyl (C=O) groups excluding carboxylic acids is 2. The van der Waals surface area contributed by atoms with Crippen molar-refractivity contribution in [1.29, 1.82) is 0 Å². The maximum absolute atomic E-state index is 11.2. The number of hydrogen-bond donors (Lipinski definition) is 1. The average molecular weight is 170 g/mol. The minimum Gasteiger partial charge on any atom is -0.357 e. The summed E-state index contributed by atoms with van der Waals surface area (Å²) in [5, 5.41) is 2.54. The van der Waals surface area contributed by atoms with Crippen LogP contribution in [-0.4, -0.2) is 36.3 Å². The minimum atomic E-state index is -0.206. The van der Waals surface area contributed by atoms with Gasteiger partial charge in [-0.15, -0.1) is 0 Å². The number of amides is 2. The van der Waals surface area contributed by atoms with E-state index in [2.05, 4.69) is 5.32 Å². The second-order valence-electron chi connectivity index (χ2n) is 2.86. The van der Waals surface area contributed by atoms with E-state index in [-0.39, 0.29) is 17.9 Å². The Morgan fingerprint density at radius 3 is 2.58 bits per heavy atom. The second-order valence-corrected chi connectivity index (χ2v) is 2.86. The lowest BCUT2D eigenvalue weighted by Crippen LogP contribution is -2.57. The molecule has 0 radical (unpaired) electrons. The number of hydrogen-bond acceptors (Lipinski definition) is 2. The van der Waals surface area contributed by atoms with Gasteiger partial charge < -0.3 is 10.2 Å². The van der Waals surface area contributed by atoms with Crippen LogP contribution in [0.25, 0.3) is 0 Å². The summed E-state index contributed by atoms with van der Waals surface area (Å²) in [5.74, 6) is 0.0119. The summed E-state index contributed by atoms with van der Waals surface area (Å²) in [6.45, 7) is 2.53. The Labute approximate surface area is 71.9 Å². The van der Waals surface area contributed by atoms with Crippen LogP contribution >= 0.6 is 0 Å². The summed E-state index contributed by atoms with van der Waals surface area (Å²) in [5.41, 5.74) is 0. The van der Waals surface area contributed by atoms with Gasteiger partial charge in [0.2, 0.25) is 11.8 Å². The normalized spacial score (nSPS) is 21.5. The molecule has 4 nitrogen and oxygen atoms in total. The lowest BCUT2D eigenvalue weighted by Gasteiger charge is -2.39. The van der Waals surface area contributed by atoms with E-state index >= 15 is 0 Å². The van der Waals surface area contributed by atoms with Gasteiger partial charge >= 0.3 is 0 Å². The predicted octanol–water partition coefficient (Wildman–Crippen LogP) is -0.257. The molecule has 0 spiro atoms. The summed E-state index contributed by atoms with van der Waals surface area (Å²) in [4.78, 5) is 23.9. The third-order valence-corrected chi connectivity index (χ3v) is 2.19. The fourth-order valence-electron chi connectivity index (χ4n) is 1.33. The zero-order valence-electron chi connectivity index (χ0n) is 7.46. The van der Waals surface area contributed by atoms with E-state index in [0.717, 1.165) is 13.0 Å². The number of nitrogens with zero attached hydrogens (tertiary/aromatic N) is 1. The summed E-state index contributed by atoms with van der Waals surface area (Å²) in [7, 11) is 1.59. The van der Waals surface area contributed by atoms with Crippen molar-refractivity contribution in [2.24, 2.45) is 0 Å². The van der Waals surface area contributed by atoms with Gasteiger partial charge in [-0.05, 0) is 6.42 Å². The summed E-state index contributed by atoms with van der Waals surface area (Å²) in [6, 6.07) is -0.206. The van der Waals surface area contributed by atoms with Crippen LogP contribution in [-0.2, 0) is 9.59 Å². The van der Waals surface area contributed by atoms with Crippen molar-refractivity contribution >= 4 is 11.8 Å². The Bertz CT molecular complexity index is 181. The molecule has 1 heterocycles. The molecule has 0 aromatic heterocycles. The highest BCUT2D eigenvalue weighted by atomic mass is 16.2. The van der Waals surface area contributed by atoms with E-state index in [4.69, 9.17) is 0 Å². The SMILES string of the molecule is CCC(=O)N1CCC1C(=O)NC. The molecular formula is C8H14N2O2. The van der Waals surface area contributed by atoms with Crippen LogP contribution < -0.4 is 5.32 Å². The summed E-state index contributed by atoms with van der Waals surface area (Å²) in [6.07, 6.45) is 1.28. The molecule has 1 saturated heterocycles. The molecule has 0 saturated carbocycles. The van der Waals surface area contributed by atoms with Gasteiger partial charge in [-0.2, -0.15) is 0 Å². The Morgan fingerprint density at radius 1 is 1.58 bits per heavy atom. The molecule has 2 amide bonds. The smallest absolute Gasteiger partial charge is 0.242 e. The van der Waals surface area contributed by atoms with Gasteiger partial charge in [-0.25, -0.2) is 0 Å². The Balaban J connectivity index is 2.49. The first-order valence-corrected chi connectivity index (χ1v) is 4.21. The van der Waals surface area contributed by atoms with E-state index < -0.39 is 0 Å². The summed E-state index contributed by atoms with van der Waals surface area (Å²) < 4.78 is 0. The van der Waals surface area contributed by atoms with Crippen LogP contribution in [0.15, 0.2) is 0 Å². The molecule has 1 N–H and O–H groups in total. The lowest BCUT2D eigenvalue weighted by molar-refractivity contribution is -0.146. The van der Waals surface area contributed by atoms with Gasteiger partial charge in [0.1, 0.15) is 6.04 Å². The van der Waals surface area contributed by atoms with Crippen molar-refractivity contribution in [1.82, 2.24) is 10.2 Å². The van der Waals surface area contributed by atoms with Gasteiger partial charge in [0.05, 0.1) is 0 Å². The van der Waals surface area contributed by atoms with Crippen molar-refractivity contribution in [2.75, 3.05) is 13.6 Å². The zero-order valence-corrected chi connectivity index (χ0v) is 7.46. The van der Waals surface area contributed by atoms with Crippen molar-refractivity contribution in [3.8, 4) is 0 Å². The molecule has 12 heavy (non-hydrogen) atoms. The van der Waals surface area contributed by atoms with Gasteiger partial charge in [0, 0.05) is 20.0 Å². The zero-order chi connectivity index (χ0) is 9.14. The molecule has 1 fully saturated rings. The fraction of sp³-hybridized carbons (Fsp3) is 0.750. The van der Waals surface area contributed by atoms with Crippen LogP contribution in [0.2, 0.25) is 0 Å². The first-order valence-electron chi connectivity index (χ1n) is 4.21. The topological polar surface area (TPSA) is 49.4 Å². The lowest BCUT2D eigenvalue weighted by atomic mass is 10.0. The quantitative estimate of drug-likeness (QED) is 0.621. The van der Waals surface area contributed by atoms with E-state index in [1.807, 2.05) is 6.92 Å². The Kier molecular flexibility index (Phi) is 2.68. The van der Waals surface area contributed by atoms with E-state index in [1.54, 1.807) is 11.9 Å². The number of likely N-dealkylation sites (tertiary alicyclic amines) is 1. The van der Waals surface area contributed by atoms with Crippen LogP contribution in [0.3, 0.4) is 0 Å². The summed E-state index contributed by atoms with van der Waals surface area (Å²) >= 11 is 0. The molecule has 4 heteroatoms. The van der Waals surface area contributed by atoms with Crippen LogP contribution in [0.4, 0.5) is 0 Å².